The number of nitrogens with one attached hydrogen (secondary N) is 1. The summed E-state index contributed by atoms with van der Waals surface area (Å²) >= 11 is 0. The van der Waals surface area contributed by atoms with Gasteiger partial charge in [0.05, 0.1) is 6.61 Å². The van der Waals surface area contributed by atoms with E-state index in [1.54, 1.807) is 0 Å². The van der Waals surface area contributed by atoms with Crippen LogP contribution < -0.4 is 5.32 Å². The highest BCUT2D eigenvalue weighted by atomic mass is 16.5. The second-order valence-electron chi connectivity index (χ2n) is 5.88. The minimum absolute atomic E-state index is 0.704. The zero-order chi connectivity index (χ0) is 11.0. The summed E-state index contributed by atoms with van der Waals surface area (Å²) in [6.07, 6.45) is 4.17. The molecule has 2 heterocycles. The van der Waals surface area contributed by atoms with Crippen LogP contribution in [0.3, 0.4) is 0 Å². The predicted molar refractivity (Wildman–Crippen MR) is 64.5 cm³/mol. The van der Waals surface area contributed by atoms with Gasteiger partial charge >= 0.3 is 0 Å². The molecule has 0 amide bonds. The average molecular weight is 224 g/mol. The van der Waals surface area contributed by atoms with Gasteiger partial charge in [-0.3, -0.25) is 4.90 Å². The zero-order valence-electron chi connectivity index (χ0n) is 10.3. The Morgan fingerprint density at radius 3 is 2.88 bits per heavy atom. The van der Waals surface area contributed by atoms with E-state index < -0.39 is 0 Å². The van der Waals surface area contributed by atoms with Gasteiger partial charge in [0.25, 0.3) is 0 Å². The number of piperazine rings is 1. The smallest absolute Gasteiger partial charge is 0.0507 e. The Labute approximate surface area is 98.5 Å². The molecule has 0 spiro atoms. The first-order valence-electron chi connectivity index (χ1n) is 6.88. The largest absolute Gasteiger partial charge is 0.381 e. The lowest BCUT2D eigenvalue weighted by Gasteiger charge is -2.40. The highest BCUT2D eigenvalue weighted by molar-refractivity contribution is 4.94. The van der Waals surface area contributed by atoms with Crippen molar-refractivity contribution in [2.45, 2.75) is 38.3 Å². The summed E-state index contributed by atoms with van der Waals surface area (Å²) in [5.74, 6) is 1.77. The molecule has 0 aromatic heterocycles. The second kappa shape index (κ2) is 4.63. The molecule has 0 aromatic rings. The Kier molecular flexibility index (Phi) is 3.18. The van der Waals surface area contributed by atoms with Crippen LogP contribution in [-0.2, 0) is 4.74 Å². The van der Waals surface area contributed by atoms with E-state index in [0.717, 1.165) is 31.1 Å². The Morgan fingerprint density at radius 1 is 1.31 bits per heavy atom. The van der Waals surface area contributed by atoms with Crippen molar-refractivity contribution in [3.8, 4) is 0 Å². The van der Waals surface area contributed by atoms with E-state index in [4.69, 9.17) is 4.74 Å². The standard InChI is InChI=1S/C13H24N2O/c1-10-6-14-13(12-2-3-12)8-15(10)7-11-4-5-16-9-11/h10-14H,2-9H2,1H3. The SMILES string of the molecule is CC1CNC(C2CC2)CN1CC1CCOC1. The highest BCUT2D eigenvalue weighted by Crippen LogP contribution is 2.34. The van der Waals surface area contributed by atoms with Crippen molar-refractivity contribution in [3.63, 3.8) is 0 Å². The molecule has 0 aromatic carbocycles. The number of hydrogen-bond donors (Lipinski definition) is 1. The lowest BCUT2D eigenvalue weighted by Crippen LogP contribution is -2.57. The first-order chi connectivity index (χ1) is 7.83. The maximum atomic E-state index is 5.48. The van der Waals surface area contributed by atoms with E-state index in [1.165, 1.54) is 38.9 Å². The summed E-state index contributed by atoms with van der Waals surface area (Å²) in [5, 5.41) is 3.71. The molecule has 92 valence electrons. The Hall–Kier alpha value is -0.120. The molecule has 3 aliphatic rings. The third-order valence-electron chi connectivity index (χ3n) is 4.44. The molecule has 0 radical (unpaired) electrons. The van der Waals surface area contributed by atoms with Crippen molar-refractivity contribution < 1.29 is 4.74 Å². The summed E-state index contributed by atoms with van der Waals surface area (Å²) in [5.41, 5.74) is 0. The fraction of sp³-hybridized carbons (Fsp3) is 1.00. The molecular weight excluding hydrogens is 200 g/mol. The molecular formula is C13H24N2O. The first kappa shape index (κ1) is 11.0. The van der Waals surface area contributed by atoms with Crippen LogP contribution in [0.25, 0.3) is 0 Å². The highest BCUT2D eigenvalue weighted by Gasteiger charge is 2.36. The van der Waals surface area contributed by atoms with Crippen LogP contribution in [0.5, 0.6) is 0 Å². The van der Waals surface area contributed by atoms with Gasteiger partial charge in [0.15, 0.2) is 0 Å². The summed E-state index contributed by atoms with van der Waals surface area (Å²) in [6, 6.07) is 1.48. The van der Waals surface area contributed by atoms with Crippen molar-refractivity contribution in [3.05, 3.63) is 0 Å². The van der Waals surface area contributed by atoms with Crippen LogP contribution in [0.1, 0.15) is 26.2 Å². The first-order valence-corrected chi connectivity index (χ1v) is 6.88. The molecule has 3 fully saturated rings. The van der Waals surface area contributed by atoms with Crippen LogP contribution in [0.15, 0.2) is 0 Å². The molecule has 16 heavy (non-hydrogen) atoms. The molecule has 2 saturated heterocycles. The van der Waals surface area contributed by atoms with Gasteiger partial charge in [-0.25, -0.2) is 0 Å². The van der Waals surface area contributed by atoms with E-state index in [-0.39, 0.29) is 0 Å². The summed E-state index contributed by atoms with van der Waals surface area (Å²) in [6.45, 7) is 8.02. The minimum atomic E-state index is 0.704. The number of ether oxygens (including phenoxy) is 1. The quantitative estimate of drug-likeness (QED) is 0.777. The third-order valence-corrected chi connectivity index (χ3v) is 4.44. The van der Waals surface area contributed by atoms with Crippen LogP contribution in [-0.4, -0.2) is 49.8 Å². The molecule has 3 rings (SSSR count). The third kappa shape index (κ3) is 2.41. The second-order valence-corrected chi connectivity index (χ2v) is 5.88. The van der Waals surface area contributed by atoms with Crippen molar-refractivity contribution in [1.29, 1.82) is 0 Å². The van der Waals surface area contributed by atoms with E-state index in [2.05, 4.69) is 17.1 Å². The van der Waals surface area contributed by atoms with Gasteiger partial charge in [-0.2, -0.15) is 0 Å². The van der Waals surface area contributed by atoms with Gasteiger partial charge in [0.2, 0.25) is 0 Å². The van der Waals surface area contributed by atoms with Gasteiger partial charge < -0.3 is 10.1 Å². The number of rotatable bonds is 3. The number of nitrogens with zero attached hydrogens (tertiary/aromatic N) is 1. The lowest BCUT2D eigenvalue weighted by atomic mass is 10.0. The normalized spacial score (nSPS) is 41.4. The predicted octanol–water partition coefficient (Wildman–Crippen LogP) is 1.10. The van der Waals surface area contributed by atoms with Crippen LogP contribution in [0.2, 0.25) is 0 Å². The summed E-state index contributed by atoms with van der Waals surface area (Å²) in [7, 11) is 0. The lowest BCUT2D eigenvalue weighted by molar-refractivity contribution is 0.104. The van der Waals surface area contributed by atoms with Gasteiger partial charge in [0, 0.05) is 38.3 Å². The van der Waals surface area contributed by atoms with Crippen LogP contribution in [0.4, 0.5) is 0 Å². The average Bonchev–Trinajstić information content (AvgIpc) is 3.01. The fourth-order valence-corrected chi connectivity index (χ4v) is 3.08. The van der Waals surface area contributed by atoms with E-state index in [1.807, 2.05) is 0 Å². The molecule has 0 bridgehead atoms. The molecule has 1 N–H and O–H groups in total. The molecule has 3 nitrogen and oxygen atoms in total. The molecule has 2 aliphatic heterocycles. The molecule has 3 atom stereocenters. The summed E-state index contributed by atoms with van der Waals surface area (Å²) < 4.78 is 5.48. The zero-order valence-corrected chi connectivity index (χ0v) is 10.3. The van der Waals surface area contributed by atoms with Gasteiger partial charge in [-0.05, 0) is 38.0 Å². The summed E-state index contributed by atoms with van der Waals surface area (Å²) in [4.78, 5) is 2.69. The van der Waals surface area contributed by atoms with Gasteiger partial charge in [-0.15, -0.1) is 0 Å². The molecule has 3 heteroatoms. The minimum Gasteiger partial charge on any atom is -0.381 e. The monoisotopic (exact) mass is 224 g/mol. The van der Waals surface area contributed by atoms with Crippen molar-refractivity contribution in [2.75, 3.05) is 32.8 Å². The maximum absolute atomic E-state index is 5.48. The molecule has 1 saturated carbocycles. The van der Waals surface area contributed by atoms with Crippen LogP contribution in [0, 0.1) is 11.8 Å². The van der Waals surface area contributed by atoms with Crippen molar-refractivity contribution >= 4 is 0 Å². The van der Waals surface area contributed by atoms with E-state index in [9.17, 15) is 0 Å². The fourth-order valence-electron chi connectivity index (χ4n) is 3.08. The number of hydrogen-bond acceptors (Lipinski definition) is 3. The molecule has 1 aliphatic carbocycles. The Morgan fingerprint density at radius 2 is 2.19 bits per heavy atom. The van der Waals surface area contributed by atoms with Crippen LogP contribution >= 0.6 is 0 Å². The van der Waals surface area contributed by atoms with E-state index >= 15 is 0 Å². The Bertz CT molecular complexity index is 234. The van der Waals surface area contributed by atoms with Gasteiger partial charge in [-0.1, -0.05) is 0 Å². The van der Waals surface area contributed by atoms with E-state index in [0.29, 0.717) is 6.04 Å². The van der Waals surface area contributed by atoms with Crippen molar-refractivity contribution in [2.24, 2.45) is 11.8 Å². The Balaban J connectivity index is 1.53. The molecule has 3 unspecified atom stereocenters. The topological polar surface area (TPSA) is 24.5 Å². The maximum Gasteiger partial charge on any atom is 0.0507 e. The van der Waals surface area contributed by atoms with Gasteiger partial charge in [0.1, 0.15) is 0 Å². The van der Waals surface area contributed by atoms with Crippen molar-refractivity contribution in [1.82, 2.24) is 10.2 Å².